The Labute approximate surface area is 117 Å². The minimum Gasteiger partial charge on any atom is -0.0654 e. The molecule has 0 heteroatoms. The van der Waals surface area contributed by atoms with E-state index in [0.717, 1.165) is 11.8 Å². The second-order valence-electron chi connectivity index (χ2n) is 6.14. The van der Waals surface area contributed by atoms with Gasteiger partial charge in [-0.25, -0.2) is 0 Å². The van der Waals surface area contributed by atoms with Crippen molar-refractivity contribution in [1.82, 2.24) is 0 Å². The maximum absolute atomic E-state index is 2.39. The molecule has 110 valence electrons. The van der Waals surface area contributed by atoms with Crippen molar-refractivity contribution in [3.05, 3.63) is 0 Å². The van der Waals surface area contributed by atoms with E-state index in [9.17, 15) is 0 Å². The molecule has 0 fully saturated rings. The van der Waals surface area contributed by atoms with E-state index in [1.807, 2.05) is 0 Å². The molecular formula is C18H38. The van der Waals surface area contributed by atoms with E-state index in [2.05, 4.69) is 27.7 Å². The van der Waals surface area contributed by atoms with Crippen LogP contribution in [0.2, 0.25) is 0 Å². The highest BCUT2D eigenvalue weighted by Gasteiger charge is 2.11. The summed E-state index contributed by atoms with van der Waals surface area (Å²) in [7, 11) is 0. The van der Waals surface area contributed by atoms with Gasteiger partial charge in [0.25, 0.3) is 0 Å². The molecule has 0 rings (SSSR count). The SMILES string of the molecule is CCCCCC(CC)CCC(CCC)CCCC. The molecule has 2 unspecified atom stereocenters. The highest BCUT2D eigenvalue weighted by molar-refractivity contribution is 4.64. The lowest BCUT2D eigenvalue weighted by molar-refractivity contribution is 0.328. The number of hydrogen-bond donors (Lipinski definition) is 0. The van der Waals surface area contributed by atoms with E-state index in [-0.39, 0.29) is 0 Å². The maximum atomic E-state index is 2.39. The first-order valence-electron chi connectivity index (χ1n) is 8.78. The van der Waals surface area contributed by atoms with Gasteiger partial charge in [0.1, 0.15) is 0 Å². The molecule has 0 bridgehead atoms. The van der Waals surface area contributed by atoms with Crippen LogP contribution < -0.4 is 0 Å². The smallest absolute Gasteiger partial charge is 0.0414 e. The monoisotopic (exact) mass is 254 g/mol. The predicted molar refractivity (Wildman–Crippen MR) is 85.1 cm³/mol. The number of unbranched alkanes of at least 4 members (excludes halogenated alkanes) is 3. The molecule has 0 N–H and O–H groups in total. The lowest BCUT2D eigenvalue weighted by Crippen LogP contribution is -2.06. The Morgan fingerprint density at radius 3 is 1.67 bits per heavy atom. The van der Waals surface area contributed by atoms with Crippen molar-refractivity contribution in [2.45, 2.75) is 105 Å². The molecule has 0 spiro atoms. The van der Waals surface area contributed by atoms with E-state index in [1.54, 1.807) is 0 Å². The van der Waals surface area contributed by atoms with Gasteiger partial charge in [0.05, 0.1) is 0 Å². The minimum atomic E-state index is 1.01. The molecule has 18 heavy (non-hydrogen) atoms. The van der Waals surface area contributed by atoms with Gasteiger partial charge in [-0.3, -0.25) is 0 Å². The van der Waals surface area contributed by atoms with Gasteiger partial charge in [0.2, 0.25) is 0 Å². The Morgan fingerprint density at radius 2 is 1.11 bits per heavy atom. The van der Waals surface area contributed by atoms with Crippen LogP contribution in [0.15, 0.2) is 0 Å². The summed E-state index contributed by atoms with van der Waals surface area (Å²) in [5, 5.41) is 0. The van der Waals surface area contributed by atoms with Crippen LogP contribution in [0.1, 0.15) is 105 Å². The topological polar surface area (TPSA) is 0 Å². The van der Waals surface area contributed by atoms with Crippen LogP contribution in [0.3, 0.4) is 0 Å². The van der Waals surface area contributed by atoms with E-state index >= 15 is 0 Å². The van der Waals surface area contributed by atoms with Crippen molar-refractivity contribution in [2.75, 3.05) is 0 Å². The van der Waals surface area contributed by atoms with Crippen molar-refractivity contribution in [3.63, 3.8) is 0 Å². The standard InChI is InChI=1S/C18H38/c1-5-9-11-14-17(8-4)15-16-18(12-7-3)13-10-6-2/h17-18H,5-16H2,1-4H3. The lowest BCUT2D eigenvalue weighted by atomic mass is 9.86. The first kappa shape index (κ1) is 18.0. The largest absolute Gasteiger partial charge is 0.0654 e. The molecule has 0 saturated heterocycles. The fourth-order valence-electron chi connectivity index (χ4n) is 3.04. The molecule has 0 aliphatic carbocycles. The van der Waals surface area contributed by atoms with Gasteiger partial charge in [0.15, 0.2) is 0 Å². The van der Waals surface area contributed by atoms with Gasteiger partial charge in [0, 0.05) is 0 Å². The number of rotatable bonds is 13. The molecule has 0 nitrogen and oxygen atoms in total. The summed E-state index contributed by atoms with van der Waals surface area (Å²) in [5.74, 6) is 2.03. The van der Waals surface area contributed by atoms with Gasteiger partial charge in [-0.15, -0.1) is 0 Å². The fraction of sp³-hybridized carbons (Fsp3) is 1.00. The molecule has 0 saturated carbocycles. The summed E-state index contributed by atoms with van der Waals surface area (Å²) in [6, 6.07) is 0. The molecule has 0 aromatic heterocycles. The predicted octanol–water partition coefficient (Wildman–Crippen LogP) is 6.98. The number of hydrogen-bond acceptors (Lipinski definition) is 0. The Morgan fingerprint density at radius 1 is 0.500 bits per heavy atom. The lowest BCUT2D eigenvalue weighted by Gasteiger charge is -2.20. The van der Waals surface area contributed by atoms with Crippen LogP contribution in [-0.4, -0.2) is 0 Å². The van der Waals surface area contributed by atoms with Gasteiger partial charge < -0.3 is 0 Å². The Bertz CT molecular complexity index is 150. The zero-order valence-corrected chi connectivity index (χ0v) is 13.6. The van der Waals surface area contributed by atoms with E-state index in [0.29, 0.717) is 0 Å². The molecule has 0 aliphatic rings. The summed E-state index contributed by atoms with van der Waals surface area (Å²) >= 11 is 0. The summed E-state index contributed by atoms with van der Waals surface area (Å²) < 4.78 is 0. The average Bonchev–Trinajstić information content (AvgIpc) is 2.39. The molecule has 0 radical (unpaired) electrons. The van der Waals surface area contributed by atoms with Crippen molar-refractivity contribution in [2.24, 2.45) is 11.8 Å². The Hall–Kier alpha value is 0. The van der Waals surface area contributed by atoms with Gasteiger partial charge in [-0.2, -0.15) is 0 Å². The summed E-state index contributed by atoms with van der Waals surface area (Å²) in [6.07, 6.45) is 17.3. The zero-order chi connectivity index (χ0) is 13.6. The third-order valence-corrected chi connectivity index (χ3v) is 4.44. The molecule has 0 heterocycles. The molecule has 0 aliphatic heterocycles. The van der Waals surface area contributed by atoms with Gasteiger partial charge >= 0.3 is 0 Å². The third kappa shape index (κ3) is 9.97. The van der Waals surface area contributed by atoms with Crippen LogP contribution in [0.5, 0.6) is 0 Å². The van der Waals surface area contributed by atoms with Gasteiger partial charge in [-0.05, 0) is 11.8 Å². The van der Waals surface area contributed by atoms with Crippen molar-refractivity contribution < 1.29 is 0 Å². The van der Waals surface area contributed by atoms with Crippen LogP contribution in [0.4, 0.5) is 0 Å². The highest BCUT2D eigenvalue weighted by Crippen LogP contribution is 2.26. The van der Waals surface area contributed by atoms with E-state index in [1.165, 1.54) is 77.0 Å². The van der Waals surface area contributed by atoms with Crippen molar-refractivity contribution in [1.29, 1.82) is 0 Å². The zero-order valence-electron chi connectivity index (χ0n) is 13.6. The third-order valence-electron chi connectivity index (χ3n) is 4.44. The molecule has 2 atom stereocenters. The first-order chi connectivity index (χ1) is 8.78. The summed E-state index contributed by atoms with van der Waals surface area (Å²) in [6.45, 7) is 9.36. The Balaban J connectivity index is 3.81. The quantitative estimate of drug-likeness (QED) is 0.311. The van der Waals surface area contributed by atoms with Crippen LogP contribution in [-0.2, 0) is 0 Å². The van der Waals surface area contributed by atoms with E-state index in [4.69, 9.17) is 0 Å². The normalized spacial score (nSPS) is 14.7. The second kappa shape index (κ2) is 13.4. The van der Waals surface area contributed by atoms with Gasteiger partial charge in [-0.1, -0.05) is 105 Å². The molecular weight excluding hydrogens is 216 g/mol. The average molecular weight is 255 g/mol. The summed E-state index contributed by atoms with van der Waals surface area (Å²) in [4.78, 5) is 0. The molecule has 0 aromatic carbocycles. The maximum Gasteiger partial charge on any atom is -0.0414 e. The molecule has 0 aromatic rings. The van der Waals surface area contributed by atoms with E-state index < -0.39 is 0 Å². The van der Waals surface area contributed by atoms with Crippen molar-refractivity contribution >= 4 is 0 Å². The van der Waals surface area contributed by atoms with Crippen LogP contribution in [0.25, 0.3) is 0 Å². The fourth-order valence-corrected chi connectivity index (χ4v) is 3.04. The Kier molecular flexibility index (Phi) is 13.4. The van der Waals surface area contributed by atoms with Crippen LogP contribution in [0, 0.1) is 11.8 Å². The molecule has 0 amide bonds. The second-order valence-corrected chi connectivity index (χ2v) is 6.14. The van der Waals surface area contributed by atoms with Crippen molar-refractivity contribution in [3.8, 4) is 0 Å². The summed E-state index contributed by atoms with van der Waals surface area (Å²) in [5.41, 5.74) is 0. The first-order valence-corrected chi connectivity index (χ1v) is 8.78. The highest BCUT2D eigenvalue weighted by atomic mass is 14.2. The minimum absolute atomic E-state index is 1.01. The van der Waals surface area contributed by atoms with Crippen LogP contribution >= 0.6 is 0 Å².